The van der Waals surface area contributed by atoms with Gasteiger partial charge in [0.05, 0.1) is 10.7 Å². The molecule has 2 aliphatic carbocycles. The summed E-state index contributed by atoms with van der Waals surface area (Å²) in [5.41, 5.74) is 2.99. The van der Waals surface area contributed by atoms with E-state index in [1.54, 1.807) is 11.3 Å². The molecular weight excluding hydrogens is 280 g/mol. The quantitative estimate of drug-likeness (QED) is 0.926. The Labute approximate surface area is 128 Å². The molecule has 0 radical (unpaired) electrons. The maximum atomic E-state index is 12.2. The summed E-state index contributed by atoms with van der Waals surface area (Å²) in [5.74, 6) is 2.11. The zero-order valence-corrected chi connectivity index (χ0v) is 12.8. The zero-order valence-electron chi connectivity index (χ0n) is 12.0. The summed E-state index contributed by atoms with van der Waals surface area (Å²) in [6, 6.07) is 7.99. The summed E-state index contributed by atoms with van der Waals surface area (Å²) in [7, 11) is 0. The Morgan fingerprint density at radius 1 is 1.19 bits per heavy atom. The molecule has 2 unspecified atom stereocenters. The van der Waals surface area contributed by atoms with Crippen molar-refractivity contribution < 1.29 is 4.79 Å². The lowest BCUT2D eigenvalue weighted by molar-refractivity contribution is -0.120. The van der Waals surface area contributed by atoms with Crippen LogP contribution in [0, 0.1) is 24.7 Å². The second kappa shape index (κ2) is 4.95. The van der Waals surface area contributed by atoms with Crippen molar-refractivity contribution in [2.45, 2.75) is 26.2 Å². The Hall–Kier alpha value is -1.68. The number of aryl methyl sites for hydroxylation is 1. The van der Waals surface area contributed by atoms with Crippen LogP contribution in [-0.4, -0.2) is 10.9 Å². The molecule has 0 bridgehead atoms. The summed E-state index contributed by atoms with van der Waals surface area (Å²) in [6.07, 6.45) is 3.53. The van der Waals surface area contributed by atoms with E-state index in [4.69, 9.17) is 0 Å². The van der Waals surface area contributed by atoms with E-state index >= 15 is 0 Å². The Bertz CT molecular complexity index is 666. The highest BCUT2D eigenvalue weighted by molar-refractivity contribution is 7.09. The topological polar surface area (TPSA) is 42.0 Å². The van der Waals surface area contributed by atoms with Gasteiger partial charge in [0.1, 0.15) is 0 Å². The Balaban J connectivity index is 1.43. The number of amides is 1. The molecule has 1 aromatic heterocycles. The number of benzene rings is 1. The van der Waals surface area contributed by atoms with E-state index in [0.717, 1.165) is 46.6 Å². The first-order chi connectivity index (χ1) is 10.2. The molecule has 1 heterocycles. The van der Waals surface area contributed by atoms with Gasteiger partial charge in [-0.25, -0.2) is 4.98 Å². The average molecular weight is 298 g/mol. The smallest absolute Gasteiger partial charge is 0.227 e. The second-order valence-electron chi connectivity index (χ2n) is 6.24. The molecule has 2 aromatic rings. The monoisotopic (exact) mass is 298 g/mol. The van der Waals surface area contributed by atoms with E-state index in [1.165, 1.54) is 6.42 Å². The maximum Gasteiger partial charge on any atom is 0.227 e. The van der Waals surface area contributed by atoms with Crippen LogP contribution in [0.15, 0.2) is 29.6 Å². The fourth-order valence-electron chi connectivity index (χ4n) is 3.39. The Morgan fingerprint density at radius 2 is 1.90 bits per heavy atom. The van der Waals surface area contributed by atoms with Crippen molar-refractivity contribution in [2.24, 2.45) is 17.8 Å². The standard InChI is InChI=1S/C17H18N2OS/c1-10-18-16(9-21-10)11-2-4-15(5-3-11)19-17(20)14-7-12-6-13(12)8-14/h2-5,9,12-14H,6-8H2,1H3,(H,19,20). The van der Waals surface area contributed by atoms with Crippen molar-refractivity contribution in [1.82, 2.24) is 4.98 Å². The van der Waals surface area contributed by atoms with Gasteiger partial charge in [-0.2, -0.15) is 0 Å². The maximum absolute atomic E-state index is 12.2. The number of nitrogens with zero attached hydrogens (tertiary/aromatic N) is 1. The van der Waals surface area contributed by atoms with Crippen molar-refractivity contribution in [3.63, 3.8) is 0 Å². The summed E-state index contributed by atoms with van der Waals surface area (Å²) in [6.45, 7) is 2.01. The second-order valence-corrected chi connectivity index (χ2v) is 7.30. The molecular formula is C17H18N2OS. The van der Waals surface area contributed by atoms with Crippen LogP contribution in [0.1, 0.15) is 24.3 Å². The third-order valence-electron chi connectivity index (χ3n) is 4.68. The predicted molar refractivity (Wildman–Crippen MR) is 85.2 cm³/mol. The highest BCUT2D eigenvalue weighted by Gasteiger charge is 2.47. The third-order valence-corrected chi connectivity index (χ3v) is 5.46. The fourth-order valence-corrected chi connectivity index (χ4v) is 4.02. The van der Waals surface area contributed by atoms with Crippen LogP contribution >= 0.6 is 11.3 Å². The highest BCUT2D eigenvalue weighted by Crippen LogP contribution is 2.54. The SMILES string of the molecule is Cc1nc(-c2ccc(NC(=O)C3CC4CC4C3)cc2)cs1. The van der Waals surface area contributed by atoms with Crippen LogP contribution in [0.3, 0.4) is 0 Å². The van der Waals surface area contributed by atoms with Gasteiger partial charge < -0.3 is 5.32 Å². The van der Waals surface area contributed by atoms with E-state index in [-0.39, 0.29) is 11.8 Å². The van der Waals surface area contributed by atoms with Gasteiger partial charge in [-0.3, -0.25) is 4.79 Å². The lowest BCUT2D eigenvalue weighted by Crippen LogP contribution is -2.21. The summed E-state index contributed by atoms with van der Waals surface area (Å²) in [5, 5.41) is 6.19. The molecule has 0 spiro atoms. The summed E-state index contributed by atoms with van der Waals surface area (Å²) < 4.78 is 0. The lowest BCUT2D eigenvalue weighted by Gasteiger charge is -2.12. The van der Waals surface area contributed by atoms with Gasteiger partial charge in [0.15, 0.2) is 0 Å². The van der Waals surface area contributed by atoms with Gasteiger partial charge in [-0.1, -0.05) is 12.1 Å². The third kappa shape index (κ3) is 2.60. The minimum absolute atomic E-state index is 0.194. The number of carbonyl (C=O) groups is 1. The number of aromatic nitrogens is 1. The molecule has 2 fully saturated rings. The lowest BCUT2D eigenvalue weighted by atomic mass is 10.0. The molecule has 3 nitrogen and oxygen atoms in total. The number of fused-ring (bicyclic) bond motifs is 1. The number of rotatable bonds is 3. The van der Waals surface area contributed by atoms with Crippen molar-refractivity contribution in [3.05, 3.63) is 34.7 Å². The molecule has 21 heavy (non-hydrogen) atoms. The highest BCUT2D eigenvalue weighted by atomic mass is 32.1. The first-order valence-electron chi connectivity index (χ1n) is 7.52. The number of hydrogen-bond donors (Lipinski definition) is 1. The van der Waals surface area contributed by atoms with Crippen molar-refractivity contribution in [1.29, 1.82) is 0 Å². The number of hydrogen-bond acceptors (Lipinski definition) is 3. The van der Waals surface area contributed by atoms with E-state index in [2.05, 4.69) is 15.7 Å². The molecule has 4 heteroatoms. The molecule has 2 aliphatic rings. The van der Waals surface area contributed by atoms with Crippen molar-refractivity contribution >= 4 is 22.9 Å². The van der Waals surface area contributed by atoms with Gasteiger partial charge in [-0.05, 0) is 50.2 Å². The molecule has 1 N–H and O–H groups in total. The summed E-state index contributed by atoms with van der Waals surface area (Å²) in [4.78, 5) is 16.7. The minimum atomic E-state index is 0.194. The molecule has 0 saturated heterocycles. The Morgan fingerprint density at radius 3 is 2.52 bits per heavy atom. The largest absolute Gasteiger partial charge is 0.326 e. The minimum Gasteiger partial charge on any atom is -0.326 e. The van der Waals surface area contributed by atoms with Crippen LogP contribution in [0.2, 0.25) is 0 Å². The number of carbonyl (C=O) groups excluding carboxylic acids is 1. The van der Waals surface area contributed by atoms with Crippen molar-refractivity contribution in [3.8, 4) is 11.3 Å². The zero-order chi connectivity index (χ0) is 14.4. The van der Waals surface area contributed by atoms with Gasteiger partial charge in [0.2, 0.25) is 5.91 Å². The molecule has 0 aliphatic heterocycles. The van der Waals surface area contributed by atoms with Crippen LogP contribution in [-0.2, 0) is 4.79 Å². The molecule has 1 amide bonds. The van der Waals surface area contributed by atoms with Crippen molar-refractivity contribution in [2.75, 3.05) is 5.32 Å². The van der Waals surface area contributed by atoms with Crippen LogP contribution in [0.4, 0.5) is 5.69 Å². The van der Waals surface area contributed by atoms with E-state index in [1.807, 2.05) is 31.2 Å². The van der Waals surface area contributed by atoms with E-state index in [9.17, 15) is 4.79 Å². The Kier molecular flexibility index (Phi) is 3.07. The molecule has 1 aromatic carbocycles. The van der Waals surface area contributed by atoms with Gasteiger partial charge in [0, 0.05) is 22.5 Å². The summed E-state index contributed by atoms with van der Waals surface area (Å²) >= 11 is 1.65. The van der Waals surface area contributed by atoms with Crippen LogP contribution < -0.4 is 5.32 Å². The number of thiazole rings is 1. The molecule has 4 rings (SSSR count). The molecule has 2 atom stereocenters. The molecule has 108 valence electrons. The first-order valence-corrected chi connectivity index (χ1v) is 8.40. The predicted octanol–water partition coefficient (Wildman–Crippen LogP) is 4.10. The van der Waals surface area contributed by atoms with Gasteiger partial charge in [0.25, 0.3) is 0 Å². The number of nitrogens with one attached hydrogen (secondary N) is 1. The normalized spacial score (nSPS) is 26.4. The van der Waals surface area contributed by atoms with Crippen LogP contribution in [0.25, 0.3) is 11.3 Å². The van der Waals surface area contributed by atoms with Crippen LogP contribution in [0.5, 0.6) is 0 Å². The van der Waals surface area contributed by atoms with Gasteiger partial charge in [-0.15, -0.1) is 11.3 Å². The van der Waals surface area contributed by atoms with E-state index in [0.29, 0.717) is 0 Å². The van der Waals surface area contributed by atoms with E-state index < -0.39 is 0 Å². The average Bonchev–Trinajstić information content (AvgIpc) is 2.89. The first kappa shape index (κ1) is 13.0. The number of anilines is 1. The molecule has 2 saturated carbocycles. The fraction of sp³-hybridized carbons (Fsp3) is 0.412. The van der Waals surface area contributed by atoms with Gasteiger partial charge >= 0.3 is 0 Å².